The molecule has 1 aliphatic heterocycles. The molecule has 22 heavy (non-hydrogen) atoms. The molecule has 116 valence electrons. The lowest BCUT2D eigenvalue weighted by Gasteiger charge is -2.47. The first-order chi connectivity index (χ1) is 10.5. The molecule has 1 aromatic rings. The number of rotatable bonds is 2. The van der Waals surface area contributed by atoms with Crippen molar-refractivity contribution in [2.24, 2.45) is 5.92 Å². The van der Waals surface area contributed by atoms with Crippen LogP contribution in [-0.4, -0.2) is 33.7 Å². The van der Waals surface area contributed by atoms with E-state index in [1.165, 1.54) is 6.07 Å². The fraction of sp³-hybridized carbons (Fsp3) is 0.600. The lowest BCUT2D eigenvalue weighted by atomic mass is 9.71. The number of piperidine rings is 1. The zero-order valence-electron chi connectivity index (χ0n) is 12.2. The third-order valence-corrected chi connectivity index (χ3v) is 4.91. The predicted octanol–water partition coefficient (Wildman–Crippen LogP) is 1.99. The monoisotopic (exact) mass is 302 g/mol. The average molecular weight is 302 g/mol. The van der Waals surface area contributed by atoms with Crippen LogP contribution in [0.25, 0.3) is 0 Å². The van der Waals surface area contributed by atoms with Crippen molar-refractivity contribution in [1.82, 2.24) is 4.98 Å². The number of nitrogens with zero attached hydrogens (tertiary/aromatic N) is 4. The number of nitriles is 1. The van der Waals surface area contributed by atoms with Gasteiger partial charge in [-0.05, 0) is 25.3 Å². The lowest BCUT2D eigenvalue weighted by molar-refractivity contribution is -0.385. The van der Waals surface area contributed by atoms with Gasteiger partial charge in [0.2, 0.25) is 5.69 Å². The molecule has 1 aromatic heterocycles. The molecule has 2 atom stereocenters. The number of anilines is 1. The molecule has 0 spiro atoms. The molecule has 1 aliphatic carbocycles. The Hall–Kier alpha value is -2.20. The van der Waals surface area contributed by atoms with Gasteiger partial charge in [0.1, 0.15) is 11.9 Å². The molecule has 2 fully saturated rings. The molecule has 3 rings (SSSR count). The van der Waals surface area contributed by atoms with Crippen molar-refractivity contribution in [3.63, 3.8) is 0 Å². The van der Waals surface area contributed by atoms with Crippen LogP contribution in [0.3, 0.4) is 0 Å². The molecule has 2 aliphatic rings. The molecule has 1 N–H and O–H groups in total. The molecular weight excluding hydrogens is 284 g/mol. The first-order valence-electron chi connectivity index (χ1n) is 7.56. The fourth-order valence-corrected chi connectivity index (χ4v) is 3.63. The van der Waals surface area contributed by atoms with Crippen molar-refractivity contribution in [2.45, 2.75) is 37.7 Å². The van der Waals surface area contributed by atoms with Crippen LogP contribution in [0.1, 0.15) is 37.8 Å². The summed E-state index contributed by atoms with van der Waals surface area (Å²) < 4.78 is 0. The number of fused-ring (bicyclic) bond motifs is 1. The van der Waals surface area contributed by atoms with Gasteiger partial charge in [-0.1, -0.05) is 12.8 Å². The smallest absolute Gasteiger partial charge is 0.305 e. The van der Waals surface area contributed by atoms with Gasteiger partial charge in [-0.15, -0.1) is 0 Å². The Morgan fingerprint density at radius 3 is 3.00 bits per heavy atom. The Kier molecular flexibility index (Phi) is 3.71. The molecular formula is C15H18N4O3. The number of aromatic nitrogens is 1. The molecule has 0 aromatic carbocycles. The van der Waals surface area contributed by atoms with Gasteiger partial charge in [-0.25, -0.2) is 4.98 Å². The number of hydrogen-bond acceptors (Lipinski definition) is 6. The summed E-state index contributed by atoms with van der Waals surface area (Å²) in [7, 11) is 0. The van der Waals surface area contributed by atoms with E-state index in [-0.39, 0.29) is 17.3 Å². The third-order valence-electron chi connectivity index (χ3n) is 4.91. The van der Waals surface area contributed by atoms with Gasteiger partial charge >= 0.3 is 5.69 Å². The fourth-order valence-electron chi connectivity index (χ4n) is 3.63. The van der Waals surface area contributed by atoms with Crippen LogP contribution in [-0.2, 0) is 0 Å². The number of pyridine rings is 1. The van der Waals surface area contributed by atoms with Crippen molar-refractivity contribution in [3.05, 3.63) is 27.9 Å². The van der Waals surface area contributed by atoms with Crippen LogP contribution < -0.4 is 4.90 Å². The summed E-state index contributed by atoms with van der Waals surface area (Å²) in [6.07, 6.45) is 4.71. The second kappa shape index (κ2) is 5.54. The number of aliphatic hydroxyl groups is 1. The van der Waals surface area contributed by atoms with Gasteiger partial charge in [0.05, 0.1) is 10.5 Å². The van der Waals surface area contributed by atoms with Gasteiger partial charge in [0.15, 0.2) is 0 Å². The predicted molar refractivity (Wildman–Crippen MR) is 79.3 cm³/mol. The van der Waals surface area contributed by atoms with E-state index in [1.807, 2.05) is 4.90 Å². The minimum absolute atomic E-state index is 0.160. The standard InChI is InChI=1S/C15H18N4O3/c16-9-12-13(19(21)22)4-5-14(17-12)18-8-7-15(20)6-2-1-3-11(15)10-18/h4-5,11,20H,1-3,6-8,10H2. The van der Waals surface area contributed by atoms with E-state index in [4.69, 9.17) is 5.26 Å². The molecule has 7 heteroatoms. The van der Waals surface area contributed by atoms with E-state index in [9.17, 15) is 15.2 Å². The second-order valence-electron chi connectivity index (χ2n) is 6.15. The molecule has 0 bridgehead atoms. The summed E-state index contributed by atoms with van der Waals surface area (Å²) in [5.74, 6) is 0.785. The summed E-state index contributed by atoms with van der Waals surface area (Å²) in [6.45, 7) is 1.34. The van der Waals surface area contributed by atoms with E-state index >= 15 is 0 Å². The highest BCUT2D eigenvalue weighted by molar-refractivity contribution is 5.52. The van der Waals surface area contributed by atoms with E-state index in [2.05, 4.69) is 4.98 Å². The van der Waals surface area contributed by atoms with Crippen LogP contribution in [0.2, 0.25) is 0 Å². The SMILES string of the molecule is N#Cc1nc(N2CCC3(O)CCCCC3C2)ccc1[N+](=O)[O-]. The summed E-state index contributed by atoms with van der Waals surface area (Å²) in [4.78, 5) is 16.4. The largest absolute Gasteiger partial charge is 0.389 e. The topological polar surface area (TPSA) is 103 Å². The van der Waals surface area contributed by atoms with Crippen LogP contribution in [0.4, 0.5) is 11.5 Å². The van der Waals surface area contributed by atoms with Gasteiger partial charge < -0.3 is 10.0 Å². The van der Waals surface area contributed by atoms with Crippen molar-refractivity contribution in [3.8, 4) is 6.07 Å². The third kappa shape index (κ3) is 2.50. The maximum atomic E-state index is 10.9. The van der Waals surface area contributed by atoms with E-state index < -0.39 is 10.5 Å². The van der Waals surface area contributed by atoms with Gasteiger partial charge in [-0.3, -0.25) is 10.1 Å². The zero-order chi connectivity index (χ0) is 15.7. The number of hydrogen-bond donors (Lipinski definition) is 1. The highest BCUT2D eigenvalue weighted by atomic mass is 16.6. The lowest BCUT2D eigenvalue weighted by Crippen LogP contribution is -2.53. The van der Waals surface area contributed by atoms with E-state index in [0.717, 1.165) is 25.7 Å². The molecule has 1 saturated heterocycles. The van der Waals surface area contributed by atoms with Gasteiger partial charge in [-0.2, -0.15) is 5.26 Å². The zero-order valence-corrected chi connectivity index (χ0v) is 12.2. The minimum atomic E-state index is -0.592. The summed E-state index contributed by atoms with van der Waals surface area (Å²) in [6, 6.07) is 4.72. The summed E-state index contributed by atoms with van der Waals surface area (Å²) in [5.41, 5.74) is -1.00. The van der Waals surface area contributed by atoms with Crippen molar-refractivity contribution in [1.29, 1.82) is 5.26 Å². The van der Waals surface area contributed by atoms with Gasteiger partial charge in [0, 0.05) is 25.1 Å². The van der Waals surface area contributed by atoms with Crippen molar-refractivity contribution in [2.75, 3.05) is 18.0 Å². The second-order valence-corrected chi connectivity index (χ2v) is 6.15. The Bertz CT molecular complexity index is 642. The molecule has 1 saturated carbocycles. The first-order valence-corrected chi connectivity index (χ1v) is 7.56. The molecule has 2 heterocycles. The normalized spacial score (nSPS) is 27.8. The van der Waals surface area contributed by atoms with E-state index in [1.54, 1.807) is 12.1 Å². The number of nitro groups is 1. The highest BCUT2D eigenvalue weighted by Crippen LogP contribution is 2.40. The van der Waals surface area contributed by atoms with Crippen molar-refractivity contribution < 1.29 is 10.0 Å². The van der Waals surface area contributed by atoms with E-state index in [0.29, 0.717) is 25.3 Å². The Morgan fingerprint density at radius 1 is 1.45 bits per heavy atom. The molecule has 7 nitrogen and oxygen atoms in total. The maximum absolute atomic E-state index is 10.9. The molecule has 0 radical (unpaired) electrons. The Labute approximate surface area is 128 Å². The summed E-state index contributed by atoms with van der Waals surface area (Å²) >= 11 is 0. The first kappa shape index (κ1) is 14.7. The Morgan fingerprint density at radius 2 is 2.27 bits per heavy atom. The van der Waals surface area contributed by atoms with Crippen molar-refractivity contribution >= 4 is 11.5 Å². The molecule has 0 amide bonds. The molecule has 2 unspecified atom stereocenters. The quantitative estimate of drug-likeness (QED) is 0.662. The van der Waals surface area contributed by atoms with Crippen LogP contribution in [0, 0.1) is 27.4 Å². The van der Waals surface area contributed by atoms with Crippen LogP contribution >= 0.6 is 0 Å². The highest BCUT2D eigenvalue weighted by Gasteiger charge is 2.43. The summed E-state index contributed by atoms with van der Waals surface area (Å²) in [5, 5.41) is 30.6. The van der Waals surface area contributed by atoms with Crippen LogP contribution in [0.15, 0.2) is 12.1 Å². The Balaban J connectivity index is 1.84. The van der Waals surface area contributed by atoms with Gasteiger partial charge in [0.25, 0.3) is 0 Å². The maximum Gasteiger partial charge on any atom is 0.305 e. The minimum Gasteiger partial charge on any atom is -0.389 e. The average Bonchev–Trinajstić information content (AvgIpc) is 2.53. The van der Waals surface area contributed by atoms with Crippen LogP contribution in [0.5, 0.6) is 0 Å².